The number of thioether (sulfide) groups is 1. The Morgan fingerprint density at radius 2 is 1.94 bits per heavy atom. The Morgan fingerprint density at radius 1 is 1.21 bits per heavy atom. The first-order chi connectivity index (χ1) is 15.8. The Labute approximate surface area is 210 Å². The van der Waals surface area contributed by atoms with Crippen molar-refractivity contribution < 1.29 is 23.9 Å². The molecule has 0 unspecified atom stereocenters. The highest BCUT2D eigenvalue weighted by Gasteiger charge is 2.36. The first kappa shape index (κ1) is 24.8. The predicted molar refractivity (Wildman–Crippen MR) is 139 cm³/mol. The van der Waals surface area contributed by atoms with Gasteiger partial charge in [0, 0.05) is 5.69 Å². The van der Waals surface area contributed by atoms with Crippen LogP contribution in [0.15, 0.2) is 54.0 Å². The third kappa shape index (κ3) is 6.38. The normalized spacial score (nSPS) is 14.5. The molecule has 2 aromatic carbocycles. The topological polar surface area (TPSA) is 84.9 Å². The molecule has 0 atom stereocenters. The fourth-order valence-electron chi connectivity index (χ4n) is 2.99. The van der Waals surface area contributed by atoms with Crippen molar-refractivity contribution in [1.82, 2.24) is 4.90 Å². The maximum absolute atomic E-state index is 12.8. The molecular formula is C24H23IN2O5S. The SMILES string of the molecule is C=CCOc1c(I)cc(/C=C2\SC(=O)N(CC(=O)Nc3ccc(C)cc3)C2=O)cc1OCC. The monoisotopic (exact) mass is 578 g/mol. The number of imide groups is 1. The Balaban J connectivity index is 1.76. The zero-order chi connectivity index (χ0) is 24.0. The summed E-state index contributed by atoms with van der Waals surface area (Å²) >= 11 is 2.93. The number of halogens is 1. The number of hydrogen-bond acceptors (Lipinski definition) is 6. The quantitative estimate of drug-likeness (QED) is 0.249. The van der Waals surface area contributed by atoms with Gasteiger partial charge in [-0.2, -0.15) is 0 Å². The van der Waals surface area contributed by atoms with E-state index in [9.17, 15) is 14.4 Å². The van der Waals surface area contributed by atoms with Crippen molar-refractivity contribution in [3.05, 3.63) is 68.7 Å². The molecule has 0 bridgehead atoms. The van der Waals surface area contributed by atoms with Gasteiger partial charge in [-0.15, -0.1) is 0 Å². The highest BCUT2D eigenvalue weighted by Crippen LogP contribution is 2.37. The van der Waals surface area contributed by atoms with Crippen LogP contribution < -0.4 is 14.8 Å². The van der Waals surface area contributed by atoms with Crippen molar-refractivity contribution in [2.75, 3.05) is 25.1 Å². The fraction of sp³-hybridized carbons (Fsp3) is 0.208. The summed E-state index contributed by atoms with van der Waals surface area (Å²) in [5, 5.41) is 2.21. The standard InChI is InChI=1S/C24H23IN2O5S/c1-4-10-32-22-18(25)11-16(12-19(22)31-5-2)13-20-23(29)27(24(30)33-20)14-21(28)26-17-8-6-15(3)7-9-17/h4,6-9,11-13H,1,5,10,14H2,2-3H3,(H,26,28)/b20-13-. The second-order valence-corrected chi connectivity index (χ2v) is 9.20. The molecule has 3 amide bonds. The summed E-state index contributed by atoms with van der Waals surface area (Å²) in [6, 6.07) is 10.8. The summed E-state index contributed by atoms with van der Waals surface area (Å²) in [6.45, 7) is 7.88. The van der Waals surface area contributed by atoms with Gasteiger partial charge in [0.15, 0.2) is 11.5 Å². The highest BCUT2D eigenvalue weighted by atomic mass is 127. The van der Waals surface area contributed by atoms with Crippen molar-refractivity contribution in [3.8, 4) is 11.5 Å². The van der Waals surface area contributed by atoms with Gasteiger partial charge in [-0.05, 0) is 84.1 Å². The minimum absolute atomic E-state index is 0.237. The first-order valence-corrected chi connectivity index (χ1v) is 12.0. The number of nitrogens with one attached hydrogen (secondary N) is 1. The summed E-state index contributed by atoms with van der Waals surface area (Å²) in [7, 11) is 0. The maximum Gasteiger partial charge on any atom is 0.294 e. The summed E-state index contributed by atoms with van der Waals surface area (Å²) in [5.41, 5.74) is 2.35. The number of nitrogens with zero attached hydrogens (tertiary/aromatic N) is 1. The lowest BCUT2D eigenvalue weighted by molar-refractivity contribution is -0.127. The molecule has 1 fully saturated rings. The summed E-state index contributed by atoms with van der Waals surface area (Å²) in [4.78, 5) is 38.8. The first-order valence-electron chi connectivity index (χ1n) is 10.1. The Hall–Kier alpha value is -2.79. The van der Waals surface area contributed by atoms with E-state index in [1.54, 1.807) is 30.4 Å². The van der Waals surface area contributed by atoms with Crippen LogP contribution in [-0.4, -0.2) is 41.7 Å². The predicted octanol–water partition coefficient (Wildman–Crippen LogP) is 5.24. The zero-order valence-electron chi connectivity index (χ0n) is 18.2. The van der Waals surface area contributed by atoms with Crippen LogP contribution in [0.3, 0.4) is 0 Å². The summed E-state index contributed by atoms with van der Waals surface area (Å²) in [5.74, 6) is 0.174. The smallest absolute Gasteiger partial charge is 0.294 e. The van der Waals surface area contributed by atoms with E-state index in [4.69, 9.17) is 9.47 Å². The number of ether oxygens (including phenoxy) is 2. The van der Waals surface area contributed by atoms with E-state index in [1.165, 1.54) is 0 Å². The van der Waals surface area contributed by atoms with Gasteiger partial charge in [0.2, 0.25) is 5.91 Å². The fourth-order valence-corrected chi connectivity index (χ4v) is 4.60. The molecule has 172 valence electrons. The van der Waals surface area contributed by atoms with Crippen LogP contribution in [0, 0.1) is 10.5 Å². The lowest BCUT2D eigenvalue weighted by Gasteiger charge is -2.14. The van der Waals surface area contributed by atoms with Crippen LogP contribution in [0.25, 0.3) is 6.08 Å². The molecule has 1 saturated heterocycles. The molecule has 0 aromatic heterocycles. The van der Waals surface area contributed by atoms with Gasteiger partial charge in [-0.3, -0.25) is 19.3 Å². The van der Waals surface area contributed by atoms with E-state index in [0.717, 1.165) is 25.8 Å². The second kappa shape index (κ2) is 11.4. The van der Waals surface area contributed by atoms with Gasteiger partial charge in [-0.1, -0.05) is 30.4 Å². The van der Waals surface area contributed by atoms with Gasteiger partial charge >= 0.3 is 0 Å². The lowest BCUT2D eigenvalue weighted by atomic mass is 10.2. The van der Waals surface area contributed by atoms with Crippen molar-refractivity contribution >= 4 is 63.2 Å². The second-order valence-electron chi connectivity index (χ2n) is 7.04. The van der Waals surface area contributed by atoms with Crippen molar-refractivity contribution in [2.45, 2.75) is 13.8 Å². The molecule has 1 N–H and O–H groups in total. The van der Waals surface area contributed by atoms with Crippen LogP contribution in [0.4, 0.5) is 10.5 Å². The van der Waals surface area contributed by atoms with Gasteiger partial charge < -0.3 is 14.8 Å². The molecule has 0 radical (unpaired) electrons. The number of anilines is 1. The largest absolute Gasteiger partial charge is 0.490 e. The Bertz CT molecular complexity index is 1110. The van der Waals surface area contributed by atoms with Gasteiger partial charge in [0.1, 0.15) is 13.2 Å². The third-order valence-electron chi connectivity index (χ3n) is 4.49. The molecule has 1 heterocycles. The minimum Gasteiger partial charge on any atom is -0.490 e. The Morgan fingerprint density at radius 3 is 2.61 bits per heavy atom. The molecule has 9 heteroatoms. The number of hydrogen-bond donors (Lipinski definition) is 1. The van der Waals surface area contributed by atoms with Gasteiger partial charge in [0.05, 0.1) is 15.1 Å². The van der Waals surface area contributed by atoms with Crippen LogP contribution in [0.1, 0.15) is 18.1 Å². The van der Waals surface area contributed by atoms with Crippen LogP contribution in [-0.2, 0) is 9.59 Å². The van der Waals surface area contributed by atoms with E-state index >= 15 is 0 Å². The van der Waals surface area contributed by atoms with E-state index in [2.05, 4.69) is 34.5 Å². The maximum atomic E-state index is 12.8. The molecule has 1 aliphatic heterocycles. The van der Waals surface area contributed by atoms with Crippen LogP contribution in [0.2, 0.25) is 0 Å². The number of benzene rings is 2. The number of rotatable bonds is 9. The highest BCUT2D eigenvalue weighted by molar-refractivity contribution is 14.1. The van der Waals surface area contributed by atoms with Crippen LogP contribution >= 0.6 is 34.4 Å². The molecule has 0 saturated carbocycles. The lowest BCUT2D eigenvalue weighted by Crippen LogP contribution is -2.36. The molecular weight excluding hydrogens is 555 g/mol. The summed E-state index contributed by atoms with van der Waals surface area (Å²) < 4.78 is 12.2. The third-order valence-corrected chi connectivity index (χ3v) is 6.19. The van der Waals surface area contributed by atoms with E-state index in [-0.39, 0.29) is 11.4 Å². The molecule has 2 aromatic rings. The number of carbonyl (C=O) groups is 3. The molecule has 1 aliphatic rings. The van der Waals surface area contributed by atoms with Gasteiger partial charge in [-0.25, -0.2) is 0 Å². The van der Waals surface area contributed by atoms with Crippen molar-refractivity contribution in [3.63, 3.8) is 0 Å². The van der Waals surface area contributed by atoms with Gasteiger partial charge in [0.25, 0.3) is 11.1 Å². The average Bonchev–Trinajstić information content (AvgIpc) is 3.02. The van der Waals surface area contributed by atoms with Crippen LogP contribution in [0.5, 0.6) is 11.5 Å². The minimum atomic E-state index is -0.510. The molecule has 33 heavy (non-hydrogen) atoms. The molecule has 7 nitrogen and oxygen atoms in total. The van der Waals surface area contributed by atoms with E-state index in [1.807, 2.05) is 32.0 Å². The van der Waals surface area contributed by atoms with E-state index in [0.29, 0.717) is 36.0 Å². The number of aryl methyl sites for hydroxylation is 1. The number of carbonyl (C=O) groups excluding carboxylic acids is 3. The Kier molecular flexibility index (Phi) is 8.56. The zero-order valence-corrected chi connectivity index (χ0v) is 21.2. The van der Waals surface area contributed by atoms with Crippen molar-refractivity contribution in [1.29, 1.82) is 0 Å². The summed E-state index contributed by atoms with van der Waals surface area (Å²) in [6.07, 6.45) is 3.26. The van der Waals surface area contributed by atoms with Crippen molar-refractivity contribution in [2.24, 2.45) is 0 Å². The molecule has 3 rings (SSSR count). The molecule has 0 spiro atoms. The van der Waals surface area contributed by atoms with E-state index < -0.39 is 17.1 Å². The molecule has 0 aliphatic carbocycles. The number of amides is 3. The average molecular weight is 578 g/mol.